The lowest BCUT2D eigenvalue weighted by atomic mass is 10.0. The SMILES string of the molecule is CC(C)CO[C@H]1[C@H](C)OC(=O)[C@@H]([NH3+])CCC[C@@H]1OCCCc1ccccc1.[Cl-]. The minimum Gasteiger partial charge on any atom is -1.00 e. The van der Waals surface area contributed by atoms with Gasteiger partial charge in [-0.2, -0.15) is 0 Å². The van der Waals surface area contributed by atoms with Crippen molar-refractivity contribution < 1.29 is 37.1 Å². The van der Waals surface area contributed by atoms with Crippen LogP contribution in [0.25, 0.3) is 0 Å². The minimum absolute atomic E-state index is 0. The molecule has 1 aromatic carbocycles. The first-order valence-electron chi connectivity index (χ1n) is 10.3. The van der Waals surface area contributed by atoms with Crippen molar-refractivity contribution in [3.8, 4) is 0 Å². The van der Waals surface area contributed by atoms with Gasteiger partial charge in [0.15, 0.2) is 6.04 Å². The number of hydrogen-bond donors (Lipinski definition) is 1. The predicted octanol–water partition coefficient (Wildman–Crippen LogP) is -0.224. The van der Waals surface area contributed by atoms with Gasteiger partial charge in [0.05, 0.1) is 6.10 Å². The first-order valence-corrected chi connectivity index (χ1v) is 10.3. The zero-order chi connectivity index (χ0) is 19.6. The summed E-state index contributed by atoms with van der Waals surface area (Å²) in [5, 5.41) is 0. The summed E-state index contributed by atoms with van der Waals surface area (Å²) in [7, 11) is 0. The largest absolute Gasteiger partial charge is 1.00 e. The van der Waals surface area contributed by atoms with Crippen molar-refractivity contribution >= 4 is 5.97 Å². The van der Waals surface area contributed by atoms with Crippen LogP contribution < -0.4 is 18.1 Å². The van der Waals surface area contributed by atoms with Crippen molar-refractivity contribution in [2.45, 2.75) is 77.2 Å². The molecule has 0 bridgehead atoms. The van der Waals surface area contributed by atoms with Crippen LogP contribution >= 0.6 is 0 Å². The molecule has 28 heavy (non-hydrogen) atoms. The molecule has 160 valence electrons. The number of carbonyl (C=O) groups is 1. The molecule has 5 nitrogen and oxygen atoms in total. The molecule has 0 amide bonds. The molecule has 4 atom stereocenters. The molecule has 1 aliphatic heterocycles. The average molecular weight is 414 g/mol. The smallest absolute Gasteiger partial charge is 0.365 e. The number of ether oxygens (including phenoxy) is 3. The van der Waals surface area contributed by atoms with Crippen LogP contribution in [0.3, 0.4) is 0 Å². The van der Waals surface area contributed by atoms with E-state index in [9.17, 15) is 4.79 Å². The molecule has 1 fully saturated rings. The summed E-state index contributed by atoms with van der Waals surface area (Å²) in [5.41, 5.74) is 5.26. The van der Waals surface area contributed by atoms with Crippen LogP contribution in [-0.4, -0.2) is 43.5 Å². The second-order valence-electron chi connectivity index (χ2n) is 7.96. The molecule has 0 saturated carbocycles. The number of aryl methyl sites for hydroxylation is 1. The summed E-state index contributed by atoms with van der Waals surface area (Å²) in [5.74, 6) is 0.185. The summed E-state index contributed by atoms with van der Waals surface area (Å²) in [4.78, 5) is 12.2. The average Bonchev–Trinajstić information content (AvgIpc) is 2.68. The van der Waals surface area contributed by atoms with Gasteiger partial charge in [-0.3, -0.25) is 0 Å². The maximum atomic E-state index is 12.2. The van der Waals surface area contributed by atoms with Crippen LogP contribution in [-0.2, 0) is 25.4 Å². The minimum atomic E-state index is -0.335. The van der Waals surface area contributed by atoms with Crippen molar-refractivity contribution in [3.63, 3.8) is 0 Å². The Hall–Kier alpha value is -1.14. The van der Waals surface area contributed by atoms with Crippen LogP contribution in [0, 0.1) is 5.92 Å². The van der Waals surface area contributed by atoms with Gasteiger partial charge in [-0.25, -0.2) is 4.79 Å². The van der Waals surface area contributed by atoms with E-state index in [1.807, 2.05) is 13.0 Å². The highest BCUT2D eigenvalue weighted by atomic mass is 35.5. The third-order valence-electron chi connectivity index (χ3n) is 4.91. The normalized spacial score (nSPS) is 26.0. The fraction of sp³-hybridized carbons (Fsp3) is 0.682. The van der Waals surface area contributed by atoms with Crippen molar-refractivity contribution in [1.29, 1.82) is 0 Å². The maximum absolute atomic E-state index is 12.2. The molecule has 1 aromatic rings. The summed E-state index contributed by atoms with van der Waals surface area (Å²) in [6.45, 7) is 7.45. The van der Waals surface area contributed by atoms with E-state index < -0.39 is 0 Å². The second-order valence-corrected chi connectivity index (χ2v) is 7.96. The van der Waals surface area contributed by atoms with Crippen LogP contribution in [0.15, 0.2) is 30.3 Å². The molecule has 0 radical (unpaired) electrons. The van der Waals surface area contributed by atoms with Crippen LogP contribution in [0.5, 0.6) is 0 Å². The standard InChI is InChI=1S/C22H35NO4.ClH/c1-16(2)15-26-21-17(3)27-22(24)19(23)12-7-13-20(21)25-14-8-11-18-9-5-4-6-10-18;/h4-6,9-10,16-17,19-21H,7-8,11-15,23H2,1-3H3;1H/t17-,19-,20-,21-;/m0./s1. The van der Waals surface area contributed by atoms with E-state index in [1.54, 1.807) is 0 Å². The lowest BCUT2D eigenvalue weighted by Gasteiger charge is -2.31. The Labute approximate surface area is 175 Å². The molecule has 0 aliphatic carbocycles. The second kappa shape index (κ2) is 13.2. The van der Waals surface area contributed by atoms with E-state index in [0.717, 1.165) is 32.1 Å². The summed E-state index contributed by atoms with van der Waals surface area (Å²) in [6.07, 6.45) is 3.80. The number of cyclic esters (lactones) is 1. The number of esters is 1. The van der Waals surface area contributed by atoms with Crippen LogP contribution in [0.2, 0.25) is 0 Å². The zero-order valence-electron chi connectivity index (χ0n) is 17.4. The summed E-state index contributed by atoms with van der Waals surface area (Å²) >= 11 is 0. The molecule has 3 N–H and O–H groups in total. The highest BCUT2D eigenvalue weighted by molar-refractivity contribution is 5.74. The molecule has 0 unspecified atom stereocenters. The third-order valence-corrected chi connectivity index (χ3v) is 4.91. The summed E-state index contributed by atoms with van der Waals surface area (Å²) in [6, 6.07) is 10.1. The molecular formula is C22H36ClNO4. The maximum Gasteiger partial charge on any atom is 0.365 e. The fourth-order valence-corrected chi connectivity index (χ4v) is 3.38. The topological polar surface area (TPSA) is 72.4 Å². The first-order chi connectivity index (χ1) is 13.0. The predicted molar refractivity (Wildman–Crippen MR) is 105 cm³/mol. The molecule has 2 rings (SSSR count). The lowest BCUT2D eigenvalue weighted by Crippen LogP contribution is -3.00. The van der Waals surface area contributed by atoms with Gasteiger partial charge in [0.2, 0.25) is 0 Å². The van der Waals surface area contributed by atoms with Crippen molar-refractivity contribution in [2.24, 2.45) is 5.92 Å². The van der Waals surface area contributed by atoms with Gasteiger partial charge >= 0.3 is 5.97 Å². The van der Waals surface area contributed by atoms with Gasteiger partial charge < -0.3 is 32.4 Å². The third kappa shape index (κ3) is 8.48. The monoisotopic (exact) mass is 413 g/mol. The number of rotatable bonds is 8. The molecule has 0 aromatic heterocycles. The molecule has 0 spiro atoms. The number of hydrogen-bond acceptors (Lipinski definition) is 4. The van der Waals surface area contributed by atoms with Crippen molar-refractivity contribution in [2.75, 3.05) is 13.2 Å². The van der Waals surface area contributed by atoms with Gasteiger partial charge in [-0.05, 0) is 44.1 Å². The van der Waals surface area contributed by atoms with Gasteiger partial charge in [0.25, 0.3) is 0 Å². The van der Waals surface area contributed by atoms with Gasteiger partial charge in [0.1, 0.15) is 12.2 Å². The van der Waals surface area contributed by atoms with Gasteiger partial charge in [-0.15, -0.1) is 0 Å². The van der Waals surface area contributed by atoms with Crippen LogP contribution in [0.1, 0.15) is 52.0 Å². The van der Waals surface area contributed by atoms with E-state index in [0.29, 0.717) is 19.1 Å². The number of carbonyl (C=O) groups excluding carboxylic acids is 1. The number of benzene rings is 1. The Kier molecular flexibility index (Phi) is 11.7. The highest BCUT2D eigenvalue weighted by Gasteiger charge is 2.35. The lowest BCUT2D eigenvalue weighted by molar-refractivity contribution is -0.410. The molecule has 1 saturated heterocycles. The van der Waals surface area contributed by atoms with E-state index in [1.165, 1.54) is 5.56 Å². The highest BCUT2D eigenvalue weighted by Crippen LogP contribution is 2.22. The molecular weight excluding hydrogens is 378 g/mol. The fourth-order valence-electron chi connectivity index (χ4n) is 3.38. The molecule has 1 heterocycles. The molecule has 6 heteroatoms. The van der Waals surface area contributed by atoms with E-state index in [4.69, 9.17) is 14.2 Å². The van der Waals surface area contributed by atoms with Gasteiger partial charge in [0, 0.05) is 19.6 Å². The Bertz CT molecular complexity index is 555. The van der Waals surface area contributed by atoms with E-state index in [-0.39, 0.29) is 42.7 Å². The zero-order valence-corrected chi connectivity index (χ0v) is 18.2. The van der Waals surface area contributed by atoms with Crippen LogP contribution in [0.4, 0.5) is 0 Å². The Morgan fingerprint density at radius 3 is 2.57 bits per heavy atom. The molecule has 1 aliphatic rings. The van der Waals surface area contributed by atoms with Crippen molar-refractivity contribution in [1.82, 2.24) is 0 Å². The number of quaternary nitrogens is 1. The van der Waals surface area contributed by atoms with E-state index in [2.05, 4.69) is 43.8 Å². The first kappa shape index (κ1) is 24.9. The Morgan fingerprint density at radius 2 is 1.89 bits per heavy atom. The Balaban J connectivity index is 0.00000392. The van der Waals surface area contributed by atoms with Gasteiger partial charge in [-0.1, -0.05) is 44.2 Å². The summed E-state index contributed by atoms with van der Waals surface area (Å²) < 4.78 is 18.0. The van der Waals surface area contributed by atoms with E-state index >= 15 is 0 Å². The number of halogens is 1. The van der Waals surface area contributed by atoms with Crippen molar-refractivity contribution in [3.05, 3.63) is 35.9 Å². The Morgan fingerprint density at radius 1 is 1.18 bits per heavy atom. The quantitative estimate of drug-likeness (QED) is 0.472.